The SMILES string of the molecule is CNc1cc(N(C)C(C)C(C)(C)C)nc(C(C)C)n1. The van der Waals surface area contributed by atoms with Crippen LogP contribution in [-0.4, -0.2) is 30.1 Å². The van der Waals surface area contributed by atoms with Gasteiger partial charge in [-0.15, -0.1) is 0 Å². The Balaban J connectivity index is 3.15. The van der Waals surface area contributed by atoms with E-state index in [2.05, 4.69) is 63.8 Å². The van der Waals surface area contributed by atoms with Crippen LogP contribution in [0.15, 0.2) is 6.07 Å². The highest BCUT2D eigenvalue weighted by Gasteiger charge is 2.25. The molecule has 0 aliphatic carbocycles. The second-order valence-electron chi connectivity index (χ2n) is 6.53. The lowest BCUT2D eigenvalue weighted by Crippen LogP contribution is -2.40. The Kier molecular flexibility index (Phi) is 4.77. The van der Waals surface area contributed by atoms with E-state index in [9.17, 15) is 0 Å². The molecule has 1 N–H and O–H groups in total. The lowest BCUT2D eigenvalue weighted by Gasteiger charge is -2.36. The second-order valence-corrected chi connectivity index (χ2v) is 6.53. The second kappa shape index (κ2) is 5.76. The van der Waals surface area contributed by atoms with Crippen molar-refractivity contribution in [2.45, 2.75) is 53.5 Å². The van der Waals surface area contributed by atoms with Crippen LogP contribution in [0.4, 0.5) is 11.6 Å². The maximum Gasteiger partial charge on any atom is 0.135 e. The summed E-state index contributed by atoms with van der Waals surface area (Å²) in [4.78, 5) is 11.4. The van der Waals surface area contributed by atoms with Gasteiger partial charge < -0.3 is 10.2 Å². The molecular weight excluding hydrogens is 236 g/mol. The summed E-state index contributed by atoms with van der Waals surface area (Å²) in [5, 5.41) is 3.12. The van der Waals surface area contributed by atoms with Gasteiger partial charge >= 0.3 is 0 Å². The molecule has 0 aliphatic rings. The van der Waals surface area contributed by atoms with Crippen LogP contribution in [0.3, 0.4) is 0 Å². The highest BCUT2D eigenvalue weighted by Crippen LogP contribution is 2.28. The fraction of sp³-hybridized carbons (Fsp3) is 0.733. The zero-order chi connectivity index (χ0) is 14.8. The van der Waals surface area contributed by atoms with Crippen molar-refractivity contribution in [3.63, 3.8) is 0 Å². The molecule has 0 spiro atoms. The summed E-state index contributed by atoms with van der Waals surface area (Å²) in [5.74, 6) is 3.06. The molecule has 19 heavy (non-hydrogen) atoms. The van der Waals surface area contributed by atoms with Gasteiger partial charge in [0.15, 0.2) is 0 Å². The smallest absolute Gasteiger partial charge is 0.135 e. The first kappa shape index (κ1) is 15.7. The molecule has 0 fully saturated rings. The minimum Gasteiger partial charge on any atom is -0.373 e. The van der Waals surface area contributed by atoms with Crippen LogP contribution in [0.1, 0.15) is 53.3 Å². The van der Waals surface area contributed by atoms with Gasteiger partial charge in [-0.3, -0.25) is 0 Å². The summed E-state index contributed by atoms with van der Waals surface area (Å²) in [5.41, 5.74) is 0.206. The van der Waals surface area contributed by atoms with E-state index in [0.717, 1.165) is 17.5 Å². The number of hydrogen-bond acceptors (Lipinski definition) is 4. The third kappa shape index (κ3) is 3.82. The third-order valence-corrected chi connectivity index (χ3v) is 3.70. The molecule has 4 heteroatoms. The van der Waals surface area contributed by atoms with Crippen molar-refractivity contribution in [3.05, 3.63) is 11.9 Å². The number of hydrogen-bond donors (Lipinski definition) is 1. The van der Waals surface area contributed by atoms with Gasteiger partial charge in [-0.2, -0.15) is 0 Å². The normalized spacial score (nSPS) is 13.5. The number of rotatable bonds is 4. The molecule has 0 saturated carbocycles. The maximum atomic E-state index is 4.69. The van der Waals surface area contributed by atoms with Crippen LogP contribution in [0.2, 0.25) is 0 Å². The standard InChI is InChI=1S/C15H28N4/c1-10(2)14-17-12(16-7)9-13(18-14)19(8)11(3)15(4,5)6/h9-11H,1-8H3,(H,16,17,18). The summed E-state index contributed by atoms with van der Waals surface area (Å²) >= 11 is 0. The van der Waals surface area contributed by atoms with Gasteiger partial charge in [-0.25, -0.2) is 9.97 Å². The molecule has 1 heterocycles. The van der Waals surface area contributed by atoms with Crippen LogP contribution < -0.4 is 10.2 Å². The lowest BCUT2D eigenvalue weighted by molar-refractivity contribution is 0.328. The Bertz CT molecular complexity index is 421. The molecule has 1 aromatic rings. The quantitative estimate of drug-likeness (QED) is 0.903. The van der Waals surface area contributed by atoms with Crippen LogP contribution in [0.5, 0.6) is 0 Å². The van der Waals surface area contributed by atoms with Gasteiger partial charge in [0, 0.05) is 32.1 Å². The van der Waals surface area contributed by atoms with E-state index >= 15 is 0 Å². The average molecular weight is 264 g/mol. The van der Waals surface area contributed by atoms with Crippen molar-refractivity contribution >= 4 is 11.6 Å². The van der Waals surface area contributed by atoms with E-state index in [1.54, 1.807) is 0 Å². The average Bonchev–Trinajstić information content (AvgIpc) is 2.35. The molecule has 108 valence electrons. The molecule has 0 radical (unpaired) electrons. The first-order valence-corrected chi connectivity index (χ1v) is 6.96. The largest absolute Gasteiger partial charge is 0.373 e. The molecule has 1 atom stereocenters. The van der Waals surface area contributed by atoms with Crippen molar-refractivity contribution in [3.8, 4) is 0 Å². The van der Waals surface area contributed by atoms with Crippen LogP contribution >= 0.6 is 0 Å². The number of nitrogens with one attached hydrogen (secondary N) is 1. The summed E-state index contributed by atoms with van der Waals surface area (Å²) in [6, 6.07) is 2.40. The summed E-state index contributed by atoms with van der Waals surface area (Å²) in [6.07, 6.45) is 0. The topological polar surface area (TPSA) is 41.0 Å². The van der Waals surface area contributed by atoms with Crippen molar-refractivity contribution in [1.82, 2.24) is 9.97 Å². The first-order chi connectivity index (χ1) is 8.66. The highest BCUT2D eigenvalue weighted by molar-refractivity contribution is 5.49. The molecule has 1 rings (SSSR count). The lowest BCUT2D eigenvalue weighted by atomic mass is 9.87. The fourth-order valence-corrected chi connectivity index (χ4v) is 1.80. The molecule has 0 saturated heterocycles. The van der Waals surface area contributed by atoms with Crippen LogP contribution in [0.25, 0.3) is 0 Å². The van der Waals surface area contributed by atoms with E-state index in [4.69, 9.17) is 4.98 Å². The van der Waals surface area contributed by atoms with E-state index in [0.29, 0.717) is 12.0 Å². The highest BCUT2D eigenvalue weighted by atomic mass is 15.2. The Labute approximate surface area is 117 Å². The third-order valence-electron chi connectivity index (χ3n) is 3.70. The Morgan fingerprint density at radius 3 is 2.16 bits per heavy atom. The van der Waals surface area contributed by atoms with Gasteiger partial charge in [0.25, 0.3) is 0 Å². The molecule has 1 aromatic heterocycles. The van der Waals surface area contributed by atoms with Gasteiger partial charge in [0.05, 0.1) is 0 Å². The van der Waals surface area contributed by atoms with E-state index < -0.39 is 0 Å². The van der Waals surface area contributed by atoms with Crippen LogP contribution in [0, 0.1) is 5.41 Å². The first-order valence-electron chi connectivity index (χ1n) is 6.96. The van der Waals surface area contributed by atoms with Crippen molar-refractivity contribution in [1.29, 1.82) is 0 Å². The van der Waals surface area contributed by atoms with Crippen molar-refractivity contribution in [2.24, 2.45) is 5.41 Å². The maximum absolute atomic E-state index is 4.69. The Morgan fingerprint density at radius 1 is 1.16 bits per heavy atom. The predicted molar refractivity (Wildman–Crippen MR) is 83.0 cm³/mol. The minimum atomic E-state index is 0.206. The molecule has 0 bridgehead atoms. The molecule has 0 amide bonds. The molecular formula is C15H28N4. The summed E-state index contributed by atoms with van der Waals surface area (Å²) < 4.78 is 0. The number of aromatic nitrogens is 2. The molecule has 4 nitrogen and oxygen atoms in total. The fourth-order valence-electron chi connectivity index (χ4n) is 1.80. The molecule has 0 aliphatic heterocycles. The van der Waals surface area contributed by atoms with Gasteiger partial charge in [-0.1, -0.05) is 34.6 Å². The van der Waals surface area contributed by atoms with Gasteiger partial charge in [0.2, 0.25) is 0 Å². The number of anilines is 2. The zero-order valence-corrected chi connectivity index (χ0v) is 13.6. The summed E-state index contributed by atoms with van der Waals surface area (Å²) in [7, 11) is 3.99. The minimum absolute atomic E-state index is 0.206. The zero-order valence-electron chi connectivity index (χ0n) is 13.6. The molecule has 1 unspecified atom stereocenters. The van der Waals surface area contributed by atoms with E-state index in [-0.39, 0.29) is 5.41 Å². The van der Waals surface area contributed by atoms with Gasteiger partial charge in [-0.05, 0) is 12.3 Å². The van der Waals surface area contributed by atoms with Crippen molar-refractivity contribution < 1.29 is 0 Å². The Morgan fingerprint density at radius 2 is 1.74 bits per heavy atom. The van der Waals surface area contributed by atoms with Crippen molar-refractivity contribution in [2.75, 3.05) is 24.3 Å². The summed E-state index contributed by atoms with van der Waals surface area (Å²) in [6.45, 7) is 13.2. The van der Waals surface area contributed by atoms with E-state index in [1.165, 1.54) is 0 Å². The molecule has 0 aromatic carbocycles. The van der Waals surface area contributed by atoms with Gasteiger partial charge in [0.1, 0.15) is 17.5 Å². The predicted octanol–water partition coefficient (Wildman–Crippen LogP) is 3.51. The monoisotopic (exact) mass is 264 g/mol. The number of nitrogens with zero attached hydrogens (tertiary/aromatic N) is 3. The van der Waals surface area contributed by atoms with Crippen LogP contribution in [-0.2, 0) is 0 Å². The van der Waals surface area contributed by atoms with E-state index in [1.807, 2.05) is 13.1 Å². The Hall–Kier alpha value is -1.32.